The van der Waals surface area contributed by atoms with Gasteiger partial charge in [-0.3, -0.25) is 4.79 Å². The fourth-order valence-corrected chi connectivity index (χ4v) is 3.81. The summed E-state index contributed by atoms with van der Waals surface area (Å²) in [7, 11) is 2.94. The average molecular weight is 475 g/mol. The molecule has 0 spiro atoms. The Balaban J connectivity index is 1.91. The Hall–Kier alpha value is -3.33. The average Bonchev–Trinajstić information content (AvgIpc) is 2.73. The molecule has 0 saturated heterocycles. The number of carbonyl (C=O) groups excluding carboxylic acids is 1. The number of ether oxygens (including phenoxy) is 5. The van der Waals surface area contributed by atoms with E-state index in [0.29, 0.717) is 27.9 Å². The van der Waals surface area contributed by atoms with Gasteiger partial charge in [0.15, 0.2) is 22.0 Å². The minimum absolute atomic E-state index is 0.121. The second-order valence-corrected chi connectivity index (χ2v) is 8.58. The van der Waals surface area contributed by atoms with E-state index in [1.165, 1.54) is 32.0 Å². The second kappa shape index (κ2) is 10.5. The van der Waals surface area contributed by atoms with Gasteiger partial charge >= 0.3 is 6.16 Å². The molecule has 0 aliphatic carbocycles. The number of hydrogen-bond acceptors (Lipinski definition) is 9. The lowest BCUT2D eigenvalue weighted by Gasteiger charge is -2.17. The van der Waals surface area contributed by atoms with Crippen LogP contribution >= 0.6 is 11.8 Å². The van der Waals surface area contributed by atoms with E-state index in [0.717, 1.165) is 4.90 Å². The molecule has 3 aromatic rings. The minimum Gasteiger partial charge on any atom is -0.492 e. The van der Waals surface area contributed by atoms with Crippen molar-refractivity contribution < 1.29 is 32.9 Å². The van der Waals surface area contributed by atoms with E-state index >= 15 is 0 Å². The van der Waals surface area contributed by atoms with Crippen LogP contribution in [0.15, 0.2) is 55.6 Å². The van der Waals surface area contributed by atoms with Crippen LogP contribution in [0.4, 0.5) is 4.79 Å². The van der Waals surface area contributed by atoms with E-state index in [1.807, 2.05) is 13.8 Å². The molecule has 3 rings (SSSR count). The molecule has 0 atom stereocenters. The zero-order valence-corrected chi connectivity index (χ0v) is 20.1. The van der Waals surface area contributed by atoms with Gasteiger partial charge in [-0.1, -0.05) is 11.8 Å². The lowest BCUT2D eigenvalue weighted by atomic mass is 10.1. The zero-order chi connectivity index (χ0) is 24.1. The van der Waals surface area contributed by atoms with Crippen molar-refractivity contribution in [2.24, 2.45) is 0 Å². The van der Waals surface area contributed by atoms with Gasteiger partial charge in [0.2, 0.25) is 5.75 Å². The molecule has 0 fully saturated rings. The molecule has 8 nitrogen and oxygen atoms in total. The Labute approximate surface area is 195 Å². The third-order valence-electron chi connectivity index (χ3n) is 4.22. The van der Waals surface area contributed by atoms with Crippen LogP contribution < -0.4 is 24.4 Å². The van der Waals surface area contributed by atoms with Gasteiger partial charge in [-0.25, -0.2) is 4.79 Å². The maximum Gasteiger partial charge on any atom is 0.514 e. The van der Waals surface area contributed by atoms with Crippen molar-refractivity contribution in [3.05, 3.63) is 46.6 Å². The van der Waals surface area contributed by atoms with Gasteiger partial charge in [0.1, 0.15) is 16.7 Å². The molecule has 1 aromatic heterocycles. The number of hydrogen-bond donors (Lipinski definition) is 0. The van der Waals surface area contributed by atoms with Gasteiger partial charge in [-0.15, -0.1) is 0 Å². The summed E-state index contributed by atoms with van der Waals surface area (Å²) < 4.78 is 32.8. The third-order valence-corrected chi connectivity index (χ3v) is 5.13. The fourth-order valence-electron chi connectivity index (χ4n) is 3.01. The molecular formula is C24H26O8S. The highest BCUT2D eigenvalue weighted by Crippen LogP contribution is 2.43. The van der Waals surface area contributed by atoms with E-state index in [-0.39, 0.29) is 28.8 Å². The Morgan fingerprint density at radius 1 is 0.939 bits per heavy atom. The summed E-state index contributed by atoms with van der Waals surface area (Å²) in [4.78, 5) is 25.3. The second-order valence-electron chi connectivity index (χ2n) is 7.50. The maximum absolute atomic E-state index is 12.9. The Kier molecular flexibility index (Phi) is 7.75. The highest BCUT2D eigenvalue weighted by atomic mass is 32.2. The summed E-state index contributed by atoms with van der Waals surface area (Å²) >= 11 is 1.25. The van der Waals surface area contributed by atoms with Crippen molar-refractivity contribution in [3.63, 3.8) is 0 Å². The van der Waals surface area contributed by atoms with Crippen LogP contribution in [0.2, 0.25) is 0 Å². The number of fused-ring (bicyclic) bond motifs is 1. The molecule has 0 aliphatic rings. The van der Waals surface area contributed by atoms with E-state index in [9.17, 15) is 9.59 Å². The summed E-state index contributed by atoms with van der Waals surface area (Å²) in [5.41, 5.74) is 0.0380. The third kappa shape index (κ3) is 5.92. The van der Waals surface area contributed by atoms with Gasteiger partial charge in [-0.05, 0) is 52.0 Å². The van der Waals surface area contributed by atoms with Crippen molar-refractivity contribution >= 4 is 28.9 Å². The van der Waals surface area contributed by atoms with Gasteiger partial charge in [-0.2, -0.15) is 0 Å². The van der Waals surface area contributed by atoms with Crippen molar-refractivity contribution in [1.82, 2.24) is 0 Å². The van der Waals surface area contributed by atoms with Crippen LogP contribution in [-0.2, 0) is 4.74 Å². The van der Waals surface area contributed by atoms with Crippen molar-refractivity contribution in [2.45, 2.75) is 49.9 Å². The first-order valence-electron chi connectivity index (χ1n) is 10.3. The summed E-state index contributed by atoms with van der Waals surface area (Å²) in [6.07, 6.45) is -1.16. The van der Waals surface area contributed by atoms with Gasteiger partial charge in [0.25, 0.3) is 0 Å². The quantitative estimate of drug-likeness (QED) is 0.302. The van der Waals surface area contributed by atoms with Crippen LogP contribution in [0.25, 0.3) is 11.0 Å². The number of methoxy groups -OCH3 is 2. The minimum atomic E-state index is -0.769. The lowest BCUT2D eigenvalue weighted by molar-refractivity contribution is 0.0729. The first-order chi connectivity index (χ1) is 15.7. The Morgan fingerprint density at radius 2 is 1.61 bits per heavy atom. The Morgan fingerprint density at radius 3 is 2.18 bits per heavy atom. The highest BCUT2D eigenvalue weighted by Gasteiger charge is 2.21. The van der Waals surface area contributed by atoms with Crippen LogP contribution in [0.1, 0.15) is 27.7 Å². The van der Waals surface area contributed by atoms with Gasteiger partial charge in [0.05, 0.1) is 26.4 Å². The maximum atomic E-state index is 12.9. The Bertz CT molecular complexity index is 1180. The van der Waals surface area contributed by atoms with Crippen molar-refractivity contribution in [3.8, 4) is 23.0 Å². The summed E-state index contributed by atoms with van der Waals surface area (Å²) in [6, 6.07) is 9.77. The zero-order valence-electron chi connectivity index (χ0n) is 19.3. The molecular weight excluding hydrogens is 448 g/mol. The molecule has 2 aromatic carbocycles. The first-order valence-corrected chi connectivity index (χ1v) is 11.1. The number of carbonyl (C=O) groups is 1. The molecule has 9 heteroatoms. The summed E-state index contributed by atoms with van der Waals surface area (Å²) in [5.74, 6) is 1.35. The topological polar surface area (TPSA) is 93.4 Å². The fraction of sp³-hybridized carbons (Fsp3) is 0.333. The normalized spacial score (nSPS) is 11.0. The molecule has 0 N–H and O–H groups in total. The first kappa shape index (κ1) is 24.3. The van der Waals surface area contributed by atoms with E-state index in [1.54, 1.807) is 44.2 Å². The predicted octanol–water partition coefficient (Wildman–Crippen LogP) is 5.67. The molecule has 0 radical (unpaired) electrons. The summed E-state index contributed by atoms with van der Waals surface area (Å²) in [6.45, 7) is 7.24. The van der Waals surface area contributed by atoms with Crippen LogP contribution in [0.3, 0.4) is 0 Å². The van der Waals surface area contributed by atoms with Crippen LogP contribution in [0.5, 0.6) is 23.0 Å². The van der Waals surface area contributed by atoms with Crippen molar-refractivity contribution in [2.75, 3.05) is 14.2 Å². The van der Waals surface area contributed by atoms with E-state index in [4.69, 9.17) is 28.1 Å². The smallest absolute Gasteiger partial charge is 0.492 e. The van der Waals surface area contributed by atoms with E-state index in [2.05, 4.69) is 0 Å². The molecule has 0 unspecified atom stereocenters. The van der Waals surface area contributed by atoms with Crippen LogP contribution in [0, 0.1) is 0 Å². The monoisotopic (exact) mass is 474 g/mol. The SMILES string of the molecule is COc1c(OC(C)C)cc2oc(Sc3ccc(OC(=O)OC(C)C)cc3)cc(=O)c2c1OC. The number of rotatable bonds is 8. The molecule has 0 aliphatic heterocycles. The summed E-state index contributed by atoms with van der Waals surface area (Å²) in [5, 5.41) is 0.644. The number of benzene rings is 2. The standard InChI is InChI=1S/C24H26O8S/c1-13(2)29-19-12-18-21(23(28-6)22(19)27-5)17(25)11-20(32-18)33-16-9-7-15(8-10-16)31-24(26)30-14(3)4/h7-14H,1-6H3. The van der Waals surface area contributed by atoms with Crippen LogP contribution in [-0.4, -0.2) is 32.6 Å². The molecule has 1 heterocycles. The van der Waals surface area contributed by atoms with Crippen molar-refractivity contribution in [1.29, 1.82) is 0 Å². The molecule has 33 heavy (non-hydrogen) atoms. The molecule has 176 valence electrons. The lowest BCUT2D eigenvalue weighted by Crippen LogP contribution is -2.15. The molecule has 0 bridgehead atoms. The molecule has 0 amide bonds. The highest BCUT2D eigenvalue weighted by molar-refractivity contribution is 7.99. The molecule has 0 saturated carbocycles. The largest absolute Gasteiger partial charge is 0.514 e. The van der Waals surface area contributed by atoms with Gasteiger partial charge < -0.3 is 28.1 Å². The van der Waals surface area contributed by atoms with Gasteiger partial charge in [0, 0.05) is 17.0 Å². The van der Waals surface area contributed by atoms with E-state index < -0.39 is 6.16 Å². The predicted molar refractivity (Wildman–Crippen MR) is 124 cm³/mol.